The van der Waals surface area contributed by atoms with Crippen LogP contribution in [0.25, 0.3) is 0 Å². The number of rotatable bonds is 4. The fourth-order valence-electron chi connectivity index (χ4n) is 3.43. The predicted octanol–water partition coefficient (Wildman–Crippen LogP) is 3.40. The lowest BCUT2D eigenvalue weighted by Crippen LogP contribution is -2.38. The summed E-state index contributed by atoms with van der Waals surface area (Å²) in [5, 5.41) is 0. The fourth-order valence-corrected chi connectivity index (χ4v) is 3.43. The summed E-state index contributed by atoms with van der Waals surface area (Å²) in [6.45, 7) is 4.35. The second-order valence-electron chi connectivity index (χ2n) is 6.77. The molecule has 2 aromatic carbocycles. The summed E-state index contributed by atoms with van der Waals surface area (Å²) < 4.78 is 0. The molecule has 0 saturated carbocycles. The van der Waals surface area contributed by atoms with Gasteiger partial charge in [-0.2, -0.15) is 0 Å². The van der Waals surface area contributed by atoms with Crippen LogP contribution in [0.2, 0.25) is 0 Å². The first-order valence-electron chi connectivity index (χ1n) is 8.78. The van der Waals surface area contributed by atoms with Crippen molar-refractivity contribution in [2.75, 3.05) is 13.1 Å². The number of hydrogen-bond donors (Lipinski definition) is 1. The summed E-state index contributed by atoms with van der Waals surface area (Å²) in [4.78, 5) is 14.5. The Balaban J connectivity index is 1.56. The van der Waals surface area contributed by atoms with Gasteiger partial charge in [0, 0.05) is 19.6 Å². The number of carbonyl (C=O) groups excluding carboxylic acids is 1. The Bertz CT molecular complexity index is 685. The molecule has 24 heavy (non-hydrogen) atoms. The van der Waals surface area contributed by atoms with Crippen LogP contribution in [0.4, 0.5) is 0 Å². The lowest BCUT2D eigenvalue weighted by Gasteiger charge is -2.32. The van der Waals surface area contributed by atoms with Gasteiger partial charge in [-0.1, -0.05) is 54.1 Å². The average Bonchev–Trinajstić information content (AvgIpc) is 2.64. The standard InChI is InChI=1S/C21H26N2O/c1-16-5-7-17(8-6-16)14-21(24)23-11-9-19(10-12-23)20-4-2-3-18(13-20)15-22/h2-8,13,19H,9-12,14-15,22H2,1H3. The lowest BCUT2D eigenvalue weighted by atomic mass is 9.88. The van der Waals surface area contributed by atoms with Gasteiger partial charge in [0.15, 0.2) is 0 Å². The van der Waals surface area contributed by atoms with E-state index in [0.717, 1.165) is 31.5 Å². The molecule has 0 spiro atoms. The number of benzene rings is 2. The topological polar surface area (TPSA) is 46.3 Å². The molecule has 3 heteroatoms. The molecule has 1 fully saturated rings. The van der Waals surface area contributed by atoms with Gasteiger partial charge in [0.25, 0.3) is 0 Å². The van der Waals surface area contributed by atoms with E-state index in [9.17, 15) is 4.79 Å². The zero-order valence-electron chi connectivity index (χ0n) is 14.4. The molecule has 0 aliphatic carbocycles. The molecule has 0 aromatic heterocycles. The number of piperidine rings is 1. The molecule has 1 aliphatic rings. The Morgan fingerprint density at radius 2 is 1.79 bits per heavy atom. The Morgan fingerprint density at radius 3 is 2.46 bits per heavy atom. The van der Waals surface area contributed by atoms with Crippen LogP contribution in [-0.2, 0) is 17.8 Å². The second-order valence-corrected chi connectivity index (χ2v) is 6.77. The van der Waals surface area contributed by atoms with Crippen molar-refractivity contribution in [3.05, 3.63) is 70.8 Å². The summed E-state index contributed by atoms with van der Waals surface area (Å²) in [5.41, 5.74) is 10.6. The van der Waals surface area contributed by atoms with E-state index in [1.54, 1.807) is 0 Å². The molecule has 0 bridgehead atoms. The molecule has 0 radical (unpaired) electrons. The van der Waals surface area contributed by atoms with E-state index in [-0.39, 0.29) is 5.91 Å². The van der Waals surface area contributed by atoms with Crippen LogP contribution in [-0.4, -0.2) is 23.9 Å². The third-order valence-corrected chi connectivity index (χ3v) is 4.98. The van der Waals surface area contributed by atoms with Gasteiger partial charge < -0.3 is 10.6 Å². The Hall–Kier alpha value is -2.13. The highest BCUT2D eigenvalue weighted by molar-refractivity contribution is 5.78. The zero-order chi connectivity index (χ0) is 16.9. The quantitative estimate of drug-likeness (QED) is 0.938. The van der Waals surface area contributed by atoms with Crippen LogP contribution in [0, 0.1) is 6.92 Å². The van der Waals surface area contributed by atoms with Crippen LogP contribution in [0.3, 0.4) is 0 Å². The normalized spacial score (nSPS) is 15.5. The molecule has 3 rings (SSSR count). The summed E-state index contributed by atoms with van der Waals surface area (Å²) in [6, 6.07) is 16.8. The Morgan fingerprint density at radius 1 is 1.08 bits per heavy atom. The minimum atomic E-state index is 0.244. The number of nitrogens with two attached hydrogens (primary N) is 1. The van der Waals surface area contributed by atoms with Gasteiger partial charge in [0.2, 0.25) is 5.91 Å². The SMILES string of the molecule is Cc1ccc(CC(=O)N2CCC(c3cccc(CN)c3)CC2)cc1. The number of likely N-dealkylation sites (tertiary alicyclic amines) is 1. The maximum absolute atomic E-state index is 12.5. The van der Waals surface area contributed by atoms with Gasteiger partial charge in [-0.25, -0.2) is 0 Å². The van der Waals surface area contributed by atoms with Gasteiger partial charge in [-0.05, 0) is 42.4 Å². The smallest absolute Gasteiger partial charge is 0.226 e. The molecular formula is C21H26N2O. The van der Waals surface area contributed by atoms with E-state index in [2.05, 4.69) is 55.5 Å². The molecule has 2 N–H and O–H groups in total. The summed E-state index contributed by atoms with van der Waals surface area (Å²) in [6.07, 6.45) is 2.58. The highest BCUT2D eigenvalue weighted by Gasteiger charge is 2.23. The van der Waals surface area contributed by atoms with Gasteiger partial charge >= 0.3 is 0 Å². The largest absolute Gasteiger partial charge is 0.342 e. The number of carbonyl (C=O) groups is 1. The molecule has 1 saturated heterocycles. The van der Waals surface area contributed by atoms with E-state index < -0.39 is 0 Å². The van der Waals surface area contributed by atoms with Crippen LogP contribution in [0.5, 0.6) is 0 Å². The molecule has 0 unspecified atom stereocenters. The average molecular weight is 322 g/mol. The van der Waals surface area contributed by atoms with Crippen LogP contribution in [0.15, 0.2) is 48.5 Å². The molecule has 2 aromatic rings. The first-order valence-corrected chi connectivity index (χ1v) is 8.78. The van der Waals surface area contributed by atoms with Crippen molar-refractivity contribution in [3.63, 3.8) is 0 Å². The lowest BCUT2D eigenvalue weighted by molar-refractivity contribution is -0.131. The highest BCUT2D eigenvalue weighted by Crippen LogP contribution is 2.28. The Labute approximate surface area is 144 Å². The van der Waals surface area contributed by atoms with Gasteiger partial charge in [0.1, 0.15) is 0 Å². The predicted molar refractivity (Wildman–Crippen MR) is 97.8 cm³/mol. The number of nitrogens with zero attached hydrogens (tertiary/aromatic N) is 1. The number of amides is 1. The third kappa shape index (κ3) is 4.04. The van der Waals surface area contributed by atoms with Crippen molar-refractivity contribution in [3.8, 4) is 0 Å². The Kier molecular flexibility index (Phi) is 5.31. The summed E-state index contributed by atoms with van der Waals surface area (Å²) in [5.74, 6) is 0.785. The molecule has 0 atom stereocenters. The minimum absolute atomic E-state index is 0.244. The first-order chi connectivity index (χ1) is 11.7. The van der Waals surface area contributed by atoms with Crippen molar-refractivity contribution in [2.45, 2.75) is 38.6 Å². The van der Waals surface area contributed by atoms with Crippen molar-refractivity contribution in [1.82, 2.24) is 4.90 Å². The second kappa shape index (κ2) is 7.63. The minimum Gasteiger partial charge on any atom is -0.342 e. The highest BCUT2D eigenvalue weighted by atomic mass is 16.2. The molecule has 1 heterocycles. The number of hydrogen-bond acceptors (Lipinski definition) is 2. The van der Waals surface area contributed by atoms with Crippen molar-refractivity contribution in [1.29, 1.82) is 0 Å². The van der Waals surface area contributed by atoms with E-state index in [0.29, 0.717) is 18.9 Å². The van der Waals surface area contributed by atoms with Crippen molar-refractivity contribution >= 4 is 5.91 Å². The van der Waals surface area contributed by atoms with Gasteiger partial charge in [0.05, 0.1) is 6.42 Å². The van der Waals surface area contributed by atoms with Crippen LogP contribution >= 0.6 is 0 Å². The third-order valence-electron chi connectivity index (χ3n) is 4.98. The molecular weight excluding hydrogens is 296 g/mol. The van der Waals surface area contributed by atoms with E-state index in [1.807, 2.05) is 4.90 Å². The molecule has 3 nitrogen and oxygen atoms in total. The van der Waals surface area contributed by atoms with E-state index >= 15 is 0 Å². The zero-order valence-corrected chi connectivity index (χ0v) is 14.4. The molecule has 126 valence electrons. The van der Waals surface area contributed by atoms with Crippen LogP contribution < -0.4 is 5.73 Å². The maximum Gasteiger partial charge on any atom is 0.226 e. The molecule has 1 amide bonds. The monoisotopic (exact) mass is 322 g/mol. The van der Waals surface area contributed by atoms with Crippen molar-refractivity contribution < 1.29 is 4.79 Å². The maximum atomic E-state index is 12.5. The van der Waals surface area contributed by atoms with E-state index in [4.69, 9.17) is 5.73 Å². The van der Waals surface area contributed by atoms with Crippen LogP contribution in [0.1, 0.15) is 41.0 Å². The van der Waals surface area contributed by atoms with Gasteiger partial charge in [-0.3, -0.25) is 4.79 Å². The summed E-state index contributed by atoms with van der Waals surface area (Å²) in [7, 11) is 0. The fraction of sp³-hybridized carbons (Fsp3) is 0.381. The summed E-state index contributed by atoms with van der Waals surface area (Å²) >= 11 is 0. The number of aryl methyl sites for hydroxylation is 1. The molecule has 1 aliphatic heterocycles. The first kappa shape index (κ1) is 16.7. The van der Waals surface area contributed by atoms with Gasteiger partial charge in [-0.15, -0.1) is 0 Å². The van der Waals surface area contributed by atoms with Crippen molar-refractivity contribution in [2.24, 2.45) is 5.73 Å². The van der Waals surface area contributed by atoms with E-state index in [1.165, 1.54) is 16.7 Å².